The maximum atomic E-state index is 13.9. The Hall–Kier alpha value is -1.33. The summed E-state index contributed by atoms with van der Waals surface area (Å²) in [5.74, 6) is -2.00. The number of alkyl halides is 1. The summed E-state index contributed by atoms with van der Waals surface area (Å²) >= 11 is 11.5. The van der Waals surface area contributed by atoms with Gasteiger partial charge in [0.15, 0.2) is 0 Å². The minimum atomic E-state index is -2.37. The first-order chi connectivity index (χ1) is 8.83. The van der Waals surface area contributed by atoms with Crippen LogP contribution in [0.1, 0.15) is 16.8 Å². The molecule has 1 atom stereocenters. The largest absolute Gasteiger partial charge is 0.479 e. The summed E-state index contributed by atoms with van der Waals surface area (Å²) in [6, 6.07) is 4.31. The predicted molar refractivity (Wildman–Crippen MR) is 68.5 cm³/mol. The molecule has 1 heterocycles. The van der Waals surface area contributed by atoms with Gasteiger partial charge < -0.3 is 10.0 Å². The molecule has 0 aliphatic carbocycles. The molecule has 1 saturated heterocycles. The molecule has 1 amide bonds. The number of hydrogen-bond donors (Lipinski definition) is 1. The van der Waals surface area contributed by atoms with Crippen molar-refractivity contribution in [2.24, 2.45) is 0 Å². The molecule has 0 aromatic heterocycles. The quantitative estimate of drug-likeness (QED) is 0.914. The van der Waals surface area contributed by atoms with Gasteiger partial charge in [-0.2, -0.15) is 0 Å². The van der Waals surface area contributed by atoms with Crippen LogP contribution in [0.15, 0.2) is 18.2 Å². The number of aliphatic carboxylic acids is 1. The molecular formula is C12H10Cl2FNO3. The Bertz CT molecular complexity index is 552. The van der Waals surface area contributed by atoms with Crippen LogP contribution in [0.4, 0.5) is 4.39 Å². The van der Waals surface area contributed by atoms with Gasteiger partial charge in [0, 0.05) is 18.5 Å². The van der Waals surface area contributed by atoms with Gasteiger partial charge in [-0.25, -0.2) is 9.18 Å². The third kappa shape index (κ3) is 2.67. The molecule has 102 valence electrons. The van der Waals surface area contributed by atoms with Gasteiger partial charge in [0.2, 0.25) is 5.67 Å². The standard InChI is InChI=1S/C12H10Cl2FNO3/c13-8-2-1-7(5-9(8)14)10(17)16-4-3-12(15,6-16)11(18)19/h1-2,5H,3-4,6H2,(H,18,19). The number of carboxylic acids is 1. The van der Waals surface area contributed by atoms with Crippen molar-refractivity contribution in [1.29, 1.82) is 0 Å². The first-order valence-corrected chi connectivity index (χ1v) is 6.26. The average Bonchev–Trinajstić information content (AvgIpc) is 2.76. The lowest BCUT2D eigenvalue weighted by molar-refractivity contribution is -0.149. The van der Waals surface area contributed by atoms with Crippen LogP contribution in [0.5, 0.6) is 0 Å². The Morgan fingerprint density at radius 1 is 1.32 bits per heavy atom. The molecule has 0 spiro atoms. The highest BCUT2D eigenvalue weighted by Crippen LogP contribution is 2.28. The zero-order chi connectivity index (χ0) is 14.2. The molecule has 4 nitrogen and oxygen atoms in total. The third-order valence-electron chi connectivity index (χ3n) is 3.06. The zero-order valence-corrected chi connectivity index (χ0v) is 11.2. The number of nitrogens with zero attached hydrogens (tertiary/aromatic N) is 1. The monoisotopic (exact) mass is 305 g/mol. The molecule has 1 aromatic carbocycles. The van der Waals surface area contributed by atoms with Crippen molar-refractivity contribution >= 4 is 35.1 Å². The normalized spacial score (nSPS) is 22.6. The number of rotatable bonds is 2. The minimum Gasteiger partial charge on any atom is -0.479 e. The van der Waals surface area contributed by atoms with Gasteiger partial charge in [-0.05, 0) is 18.2 Å². The molecule has 0 saturated carbocycles. The Kier molecular flexibility index (Phi) is 3.69. The maximum absolute atomic E-state index is 13.9. The summed E-state index contributed by atoms with van der Waals surface area (Å²) in [6.07, 6.45) is -0.213. The van der Waals surface area contributed by atoms with E-state index in [1.54, 1.807) is 0 Å². The molecule has 1 aliphatic heterocycles. The van der Waals surface area contributed by atoms with E-state index < -0.39 is 24.1 Å². The molecule has 1 N–H and O–H groups in total. The molecule has 0 bridgehead atoms. The number of carbonyl (C=O) groups is 2. The summed E-state index contributed by atoms with van der Waals surface area (Å²) in [5.41, 5.74) is -2.12. The van der Waals surface area contributed by atoms with Gasteiger partial charge in [-0.15, -0.1) is 0 Å². The number of halogens is 3. The second-order valence-corrected chi connectivity index (χ2v) is 5.19. The molecule has 1 aliphatic rings. The number of benzene rings is 1. The summed E-state index contributed by atoms with van der Waals surface area (Å²) < 4.78 is 13.9. The highest BCUT2D eigenvalue weighted by atomic mass is 35.5. The van der Waals surface area contributed by atoms with E-state index in [4.69, 9.17) is 28.3 Å². The fourth-order valence-electron chi connectivity index (χ4n) is 1.93. The molecule has 19 heavy (non-hydrogen) atoms. The van der Waals surface area contributed by atoms with Gasteiger partial charge in [0.1, 0.15) is 0 Å². The van der Waals surface area contributed by atoms with E-state index in [9.17, 15) is 14.0 Å². The first kappa shape index (κ1) is 14.1. The first-order valence-electron chi connectivity index (χ1n) is 5.50. The van der Waals surface area contributed by atoms with E-state index in [0.29, 0.717) is 5.02 Å². The van der Waals surface area contributed by atoms with Crippen molar-refractivity contribution in [3.8, 4) is 0 Å². The van der Waals surface area contributed by atoms with E-state index in [0.717, 1.165) is 4.90 Å². The maximum Gasteiger partial charge on any atom is 0.343 e. The van der Waals surface area contributed by atoms with Crippen LogP contribution in [0.3, 0.4) is 0 Å². The van der Waals surface area contributed by atoms with Crippen LogP contribution < -0.4 is 0 Å². The van der Waals surface area contributed by atoms with Gasteiger partial charge >= 0.3 is 5.97 Å². The van der Waals surface area contributed by atoms with E-state index in [2.05, 4.69) is 0 Å². The summed E-state index contributed by atoms with van der Waals surface area (Å²) in [7, 11) is 0. The number of carbonyl (C=O) groups excluding carboxylic acids is 1. The summed E-state index contributed by atoms with van der Waals surface area (Å²) in [6.45, 7) is -0.400. The molecule has 1 fully saturated rings. The number of carboxylic acid groups (broad SMARTS) is 1. The Balaban J connectivity index is 2.18. The third-order valence-corrected chi connectivity index (χ3v) is 3.80. The highest BCUT2D eigenvalue weighted by molar-refractivity contribution is 6.42. The van der Waals surface area contributed by atoms with Crippen molar-refractivity contribution in [3.63, 3.8) is 0 Å². The minimum absolute atomic E-state index is 0.0574. The Labute approximate surface area is 118 Å². The molecule has 1 unspecified atom stereocenters. The zero-order valence-electron chi connectivity index (χ0n) is 9.70. The van der Waals surface area contributed by atoms with Crippen molar-refractivity contribution in [2.45, 2.75) is 12.1 Å². The molecule has 2 rings (SSSR count). The van der Waals surface area contributed by atoms with Crippen molar-refractivity contribution in [1.82, 2.24) is 4.90 Å². The molecule has 7 heteroatoms. The van der Waals surface area contributed by atoms with Crippen LogP contribution in [0.25, 0.3) is 0 Å². The SMILES string of the molecule is O=C(c1ccc(Cl)c(Cl)c1)N1CCC(F)(C(=O)O)C1. The van der Waals surface area contributed by atoms with Gasteiger partial charge in [-0.1, -0.05) is 23.2 Å². The van der Waals surface area contributed by atoms with Crippen LogP contribution >= 0.6 is 23.2 Å². The molecule has 0 radical (unpaired) electrons. The smallest absolute Gasteiger partial charge is 0.343 e. The van der Waals surface area contributed by atoms with E-state index in [-0.39, 0.29) is 23.6 Å². The van der Waals surface area contributed by atoms with Gasteiger partial charge in [0.25, 0.3) is 5.91 Å². The van der Waals surface area contributed by atoms with Crippen LogP contribution in [-0.2, 0) is 4.79 Å². The number of hydrogen-bond acceptors (Lipinski definition) is 2. The molecular weight excluding hydrogens is 296 g/mol. The lowest BCUT2D eigenvalue weighted by Gasteiger charge is -2.18. The van der Waals surface area contributed by atoms with Gasteiger partial charge in [0.05, 0.1) is 16.6 Å². The van der Waals surface area contributed by atoms with Crippen molar-refractivity contribution in [3.05, 3.63) is 33.8 Å². The summed E-state index contributed by atoms with van der Waals surface area (Å²) in [5, 5.41) is 9.30. The van der Waals surface area contributed by atoms with Crippen molar-refractivity contribution < 1.29 is 19.1 Å². The fourth-order valence-corrected chi connectivity index (χ4v) is 2.23. The number of likely N-dealkylation sites (tertiary alicyclic amines) is 1. The topological polar surface area (TPSA) is 57.6 Å². The van der Waals surface area contributed by atoms with E-state index in [1.165, 1.54) is 18.2 Å². The fraction of sp³-hybridized carbons (Fsp3) is 0.333. The van der Waals surface area contributed by atoms with E-state index in [1.807, 2.05) is 0 Å². The van der Waals surface area contributed by atoms with Crippen LogP contribution in [0.2, 0.25) is 10.0 Å². The average molecular weight is 306 g/mol. The Morgan fingerprint density at radius 2 is 2.00 bits per heavy atom. The second kappa shape index (κ2) is 4.98. The van der Waals surface area contributed by atoms with Crippen LogP contribution in [0, 0.1) is 0 Å². The number of amides is 1. The molecule has 1 aromatic rings. The second-order valence-electron chi connectivity index (χ2n) is 4.38. The summed E-state index contributed by atoms with van der Waals surface area (Å²) in [4.78, 5) is 24.0. The Morgan fingerprint density at radius 3 is 2.53 bits per heavy atom. The van der Waals surface area contributed by atoms with Crippen molar-refractivity contribution in [2.75, 3.05) is 13.1 Å². The lowest BCUT2D eigenvalue weighted by Crippen LogP contribution is -2.38. The predicted octanol–water partition coefficient (Wildman–Crippen LogP) is 2.63. The lowest BCUT2D eigenvalue weighted by atomic mass is 10.1. The van der Waals surface area contributed by atoms with E-state index >= 15 is 0 Å². The van der Waals surface area contributed by atoms with Crippen LogP contribution in [-0.4, -0.2) is 40.6 Å². The highest BCUT2D eigenvalue weighted by Gasteiger charge is 2.46. The van der Waals surface area contributed by atoms with Gasteiger partial charge in [-0.3, -0.25) is 4.79 Å².